The van der Waals surface area contributed by atoms with E-state index in [1.807, 2.05) is 6.07 Å². The van der Waals surface area contributed by atoms with Gasteiger partial charge in [-0.05, 0) is 31.0 Å². The quantitative estimate of drug-likeness (QED) is 0.736. The summed E-state index contributed by atoms with van der Waals surface area (Å²) in [7, 11) is 1.67. The summed E-state index contributed by atoms with van der Waals surface area (Å²) in [5.41, 5.74) is 13.0. The lowest BCUT2D eigenvalue weighted by atomic mass is 10.1. The molecule has 18 heavy (non-hydrogen) atoms. The molecule has 5 heteroatoms. The maximum Gasteiger partial charge on any atom is 0.250 e. The van der Waals surface area contributed by atoms with Crippen LogP contribution in [0.25, 0.3) is 0 Å². The van der Waals surface area contributed by atoms with Crippen LogP contribution in [0.1, 0.15) is 23.2 Å². The minimum atomic E-state index is -0.444. The summed E-state index contributed by atoms with van der Waals surface area (Å²) in [4.78, 5) is 13.7. The van der Waals surface area contributed by atoms with Crippen molar-refractivity contribution in [2.75, 3.05) is 30.9 Å². The SMILES string of the molecule is COCCN(c1ccc(N)cc1C(N)=O)C1CC1. The Kier molecular flexibility index (Phi) is 3.72. The van der Waals surface area contributed by atoms with Crippen molar-refractivity contribution in [3.8, 4) is 0 Å². The summed E-state index contributed by atoms with van der Waals surface area (Å²) in [5, 5.41) is 0. The van der Waals surface area contributed by atoms with Gasteiger partial charge in [0.15, 0.2) is 0 Å². The van der Waals surface area contributed by atoms with E-state index in [-0.39, 0.29) is 0 Å². The molecule has 1 fully saturated rings. The van der Waals surface area contributed by atoms with E-state index in [1.165, 1.54) is 0 Å². The molecular formula is C13H19N3O2. The Balaban J connectivity index is 2.30. The van der Waals surface area contributed by atoms with Gasteiger partial charge in [0, 0.05) is 31.1 Å². The normalized spacial score (nSPS) is 14.5. The molecule has 0 heterocycles. The van der Waals surface area contributed by atoms with E-state index in [1.54, 1.807) is 19.2 Å². The maximum absolute atomic E-state index is 11.5. The number of nitrogen functional groups attached to an aromatic ring is 1. The number of hydrogen-bond acceptors (Lipinski definition) is 4. The Hall–Kier alpha value is -1.75. The highest BCUT2D eigenvalue weighted by Crippen LogP contribution is 2.34. The van der Waals surface area contributed by atoms with Crippen LogP contribution >= 0.6 is 0 Å². The second kappa shape index (κ2) is 5.27. The summed E-state index contributed by atoms with van der Waals surface area (Å²) < 4.78 is 5.11. The van der Waals surface area contributed by atoms with Gasteiger partial charge in [-0.3, -0.25) is 4.79 Å². The number of ether oxygens (including phenoxy) is 1. The number of carbonyl (C=O) groups excluding carboxylic acids is 1. The van der Waals surface area contributed by atoms with Gasteiger partial charge in [-0.2, -0.15) is 0 Å². The lowest BCUT2D eigenvalue weighted by Gasteiger charge is -2.26. The van der Waals surface area contributed by atoms with Crippen LogP contribution in [-0.4, -0.2) is 32.2 Å². The summed E-state index contributed by atoms with van der Waals surface area (Å²) in [6.07, 6.45) is 2.29. The van der Waals surface area contributed by atoms with Crippen molar-refractivity contribution in [1.29, 1.82) is 0 Å². The van der Waals surface area contributed by atoms with Crippen LogP contribution in [0, 0.1) is 0 Å². The van der Waals surface area contributed by atoms with Crippen molar-refractivity contribution in [3.63, 3.8) is 0 Å². The van der Waals surface area contributed by atoms with Gasteiger partial charge in [0.05, 0.1) is 12.2 Å². The molecule has 4 N–H and O–H groups in total. The molecule has 0 saturated heterocycles. The fourth-order valence-corrected chi connectivity index (χ4v) is 2.08. The first-order chi connectivity index (χ1) is 8.63. The van der Waals surface area contributed by atoms with Crippen molar-refractivity contribution >= 4 is 17.3 Å². The minimum absolute atomic E-state index is 0.444. The molecule has 98 valence electrons. The van der Waals surface area contributed by atoms with Crippen molar-refractivity contribution in [2.45, 2.75) is 18.9 Å². The second-order valence-electron chi connectivity index (χ2n) is 4.56. The molecule has 1 amide bonds. The molecule has 5 nitrogen and oxygen atoms in total. The number of primary amides is 1. The van der Waals surface area contributed by atoms with Gasteiger partial charge >= 0.3 is 0 Å². The molecule has 1 aromatic carbocycles. The largest absolute Gasteiger partial charge is 0.399 e. The van der Waals surface area contributed by atoms with Crippen molar-refractivity contribution < 1.29 is 9.53 Å². The van der Waals surface area contributed by atoms with E-state index >= 15 is 0 Å². The predicted octanol–water partition coefficient (Wildman–Crippen LogP) is 0.983. The number of nitrogens with zero attached hydrogens (tertiary/aromatic N) is 1. The first kappa shape index (κ1) is 12.7. The monoisotopic (exact) mass is 249 g/mol. The minimum Gasteiger partial charge on any atom is -0.399 e. The predicted molar refractivity (Wildman–Crippen MR) is 71.6 cm³/mol. The molecule has 1 aliphatic rings. The second-order valence-corrected chi connectivity index (χ2v) is 4.56. The average molecular weight is 249 g/mol. The van der Waals surface area contributed by atoms with Gasteiger partial charge in [-0.25, -0.2) is 0 Å². The lowest BCUT2D eigenvalue weighted by Crippen LogP contribution is -2.31. The Morgan fingerprint density at radius 1 is 1.50 bits per heavy atom. The number of anilines is 2. The standard InChI is InChI=1S/C13H19N3O2/c1-18-7-6-16(10-3-4-10)12-5-2-9(14)8-11(12)13(15)17/h2,5,8,10H,3-4,6-7,14H2,1H3,(H2,15,17). The average Bonchev–Trinajstić information content (AvgIpc) is 3.15. The van der Waals surface area contributed by atoms with Gasteiger partial charge in [0.1, 0.15) is 0 Å². The fourth-order valence-electron chi connectivity index (χ4n) is 2.08. The molecule has 0 spiro atoms. The number of nitrogens with two attached hydrogens (primary N) is 2. The Labute approximate surface area is 107 Å². The third kappa shape index (κ3) is 2.73. The first-order valence-electron chi connectivity index (χ1n) is 6.08. The molecule has 0 aliphatic heterocycles. The Morgan fingerprint density at radius 2 is 2.22 bits per heavy atom. The van der Waals surface area contributed by atoms with Crippen LogP contribution in [0.4, 0.5) is 11.4 Å². The highest BCUT2D eigenvalue weighted by molar-refractivity contribution is 5.99. The van der Waals surface area contributed by atoms with Gasteiger partial charge in [-0.1, -0.05) is 0 Å². The summed E-state index contributed by atoms with van der Waals surface area (Å²) in [5.74, 6) is -0.444. The van der Waals surface area contributed by atoms with Crippen molar-refractivity contribution in [3.05, 3.63) is 23.8 Å². The Bertz CT molecular complexity index is 444. The number of hydrogen-bond donors (Lipinski definition) is 2. The molecule has 1 saturated carbocycles. The first-order valence-corrected chi connectivity index (χ1v) is 6.08. The van der Waals surface area contributed by atoms with Gasteiger partial charge < -0.3 is 21.1 Å². The molecule has 1 aliphatic carbocycles. The molecular weight excluding hydrogens is 230 g/mol. The van der Waals surface area contributed by atoms with Crippen LogP contribution in [0.15, 0.2) is 18.2 Å². The van der Waals surface area contributed by atoms with Crippen LogP contribution in [0.3, 0.4) is 0 Å². The number of methoxy groups -OCH3 is 1. The molecule has 0 bridgehead atoms. The smallest absolute Gasteiger partial charge is 0.250 e. The van der Waals surface area contributed by atoms with Gasteiger partial charge in [-0.15, -0.1) is 0 Å². The molecule has 0 aromatic heterocycles. The zero-order valence-corrected chi connectivity index (χ0v) is 10.6. The van der Waals surface area contributed by atoms with Gasteiger partial charge in [0.2, 0.25) is 0 Å². The van der Waals surface area contributed by atoms with Crippen LogP contribution in [-0.2, 0) is 4.74 Å². The number of rotatable bonds is 6. The van der Waals surface area contributed by atoms with Crippen LogP contribution in [0.5, 0.6) is 0 Å². The zero-order valence-electron chi connectivity index (χ0n) is 10.6. The van der Waals surface area contributed by atoms with Crippen molar-refractivity contribution in [1.82, 2.24) is 0 Å². The van der Waals surface area contributed by atoms with E-state index in [9.17, 15) is 4.79 Å². The van der Waals surface area contributed by atoms with E-state index in [4.69, 9.17) is 16.2 Å². The van der Waals surface area contributed by atoms with E-state index < -0.39 is 5.91 Å². The van der Waals surface area contributed by atoms with Crippen molar-refractivity contribution in [2.24, 2.45) is 5.73 Å². The highest BCUT2D eigenvalue weighted by Gasteiger charge is 2.30. The number of amides is 1. The third-order valence-electron chi connectivity index (χ3n) is 3.12. The summed E-state index contributed by atoms with van der Waals surface area (Å²) in [6.45, 7) is 1.38. The molecule has 0 atom stereocenters. The maximum atomic E-state index is 11.5. The topological polar surface area (TPSA) is 81.6 Å². The Morgan fingerprint density at radius 3 is 2.78 bits per heavy atom. The number of carbonyl (C=O) groups is 1. The van der Waals surface area contributed by atoms with Crippen LogP contribution < -0.4 is 16.4 Å². The molecule has 1 aromatic rings. The summed E-state index contributed by atoms with van der Waals surface area (Å²) in [6, 6.07) is 5.79. The van der Waals surface area contributed by atoms with Gasteiger partial charge in [0.25, 0.3) is 5.91 Å². The lowest BCUT2D eigenvalue weighted by molar-refractivity contribution is 0.100. The third-order valence-corrected chi connectivity index (χ3v) is 3.12. The molecule has 0 unspecified atom stereocenters. The zero-order chi connectivity index (χ0) is 13.1. The summed E-state index contributed by atoms with van der Waals surface area (Å²) >= 11 is 0. The molecule has 0 radical (unpaired) electrons. The van der Waals surface area contributed by atoms with Crippen LogP contribution in [0.2, 0.25) is 0 Å². The van der Waals surface area contributed by atoms with E-state index in [0.29, 0.717) is 23.9 Å². The van der Waals surface area contributed by atoms with E-state index in [0.717, 1.165) is 25.1 Å². The fraction of sp³-hybridized carbons (Fsp3) is 0.462. The van der Waals surface area contributed by atoms with E-state index in [2.05, 4.69) is 4.90 Å². The molecule has 2 rings (SSSR count). The highest BCUT2D eigenvalue weighted by atomic mass is 16.5. The number of benzene rings is 1.